The highest BCUT2D eigenvalue weighted by Gasteiger charge is 2.28. The third-order valence-corrected chi connectivity index (χ3v) is 6.84. The molecule has 4 heterocycles. The van der Waals surface area contributed by atoms with Crippen molar-refractivity contribution in [1.29, 1.82) is 0 Å². The minimum atomic E-state index is -0.534. The zero-order valence-corrected chi connectivity index (χ0v) is 20.0. The third kappa shape index (κ3) is 3.95. The Hall–Kier alpha value is -3.30. The van der Waals surface area contributed by atoms with E-state index in [0.717, 1.165) is 25.7 Å². The molecule has 4 aromatic rings. The Morgan fingerprint density at radius 3 is 2.62 bits per heavy atom. The molecule has 0 aromatic carbocycles. The molecular weight excluding hydrogens is 438 g/mol. The summed E-state index contributed by atoms with van der Waals surface area (Å²) in [5.41, 5.74) is 2.74. The number of hydrogen-bond donors (Lipinski definition) is 2. The van der Waals surface area contributed by atoms with Crippen molar-refractivity contribution in [3.05, 3.63) is 30.0 Å². The van der Waals surface area contributed by atoms with E-state index in [2.05, 4.69) is 44.5 Å². The first-order valence-corrected chi connectivity index (χ1v) is 11.7. The van der Waals surface area contributed by atoms with Gasteiger partial charge in [0.25, 0.3) is 0 Å². The number of rotatable bonds is 6. The maximum atomic E-state index is 15.3. The van der Waals surface area contributed by atoms with E-state index in [1.54, 1.807) is 30.7 Å². The molecule has 0 aliphatic heterocycles. The van der Waals surface area contributed by atoms with E-state index in [1.165, 1.54) is 10.7 Å². The molecule has 0 spiro atoms. The highest BCUT2D eigenvalue weighted by molar-refractivity contribution is 5.89. The van der Waals surface area contributed by atoms with Crippen LogP contribution in [0.4, 0.5) is 20.5 Å². The lowest BCUT2D eigenvalue weighted by atomic mass is 9.76. The van der Waals surface area contributed by atoms with Crippen LogP contribution in [0.5, 0.6) is 0 Å². The van der Waals surface area contributed by atoms with E-state index < -0.39 is 12.5 Å². The van der Waals surface area contributed by atoms with Crippen molar-refractivity contribution in [2.24, 2.45) is 5.41 Å². The molecule has 0 unspecified atom stereocenters. The van der Waals surface area contributed by atoms with Crippen LogP contribution in [-0.2, 0) is 6.54 Å². The number of aromatic nitrogens is 6. The number of nitrogens with zero attached hydrogens (tertiary/aromatic N) is 6. The number of imidazole rings is 1. The minimum Gasteiger partial charge on any atom is -0.371 e. The summed E-state index contributed by atoms with van der Waals surface area (Å²) in [6.07, 6.45) is 5.72. The van der Waals surface area contributed by atoms with Gasteiger partial charge in [-0.05, 0) is 50.2 Å². The molecule has 4 aromatic heterocycles. The summed E-state index contributed by atoms with van der Waals surface area (Å²) >= 11 is 0. The van der Waals surface area contributed by atoms with Gasteiger partial charge in [0.05, 0.1) is 24.0 Å². The maximum absolute atomic E-state index is 15.3. The molecule has 0 bridgehead atoms. The lowest BCUT2D eigenvalue weighted by Gasteiger charge is -2.34. The van der Waals surface area contributed by atoms with Gasteiger partial charge in [0.15, 0.2) is 17.3 Å². The van der Waals surface area contributed by atoms with Gasteiger partial charge in [-0.2, -0.15) is 4.98 Å². The summed E-state index contributed by atoms with van der Waals surface area (Å²) in [4.78, 5) is 13.7. The number of alkyl halides is 1. The molecule has 8 nitrogen and oxygen atoms in total. The average molecular weight is 469 g/mol. The molecule has 0 amide bonds. The monoisotopic (exact) mass is 468 g/mol. The normalized spacial score (nSPS) is 16.4. The zero-order chi connectivity index (χ0) is 24.0. The first kappa shape index (κ1) is 22.5. The number of aryl methyl sites for hydroxylation is 2. The highest BCUT2D eigenvalue weighted by atomic mass is 19.1. The van der Waals surface area contributed by atoms with Crippen LogP contribution in [0, 0.1) is 18.2 Å². The Balaban J connectivity index is 1.55. The smallest absolute Gasteiger partial charge is 0.243 e. The third-order valence-electron chi connectivity index (χ3n) is 6.84. The van der Waals surface area contributed by atoms with Gasteiger partial charge in [0, 0.05) is 13.1 Å². The fraction of sp³-hybridized carbons (Fsp3) is 0.500. The molecule has 1 fully saturated rings. The number of pyridine rings is 1. The van der Waals surface area contributed by atoms with Crippen molar-refractivity contribution in [3.63, 3.8) is 0 Å². The second-order valence-corrected chi connectivity index (χ2v) is 9.80. The molecule has 2 N–H and O–H groups in total. The van der Waals surface area contributed by atoms with E-state index in [-0.39, 0.29) is 12.6 Å². The molecule has 34 heavy (non-hydrogen) atoms. The van der Waals surface area contributed by atoms with Gasteiger partial charge in [-0.15, -0.1) is 5.10 Å². The largest absolute Gasteiger partial charge is 0.371 e. The summed E-state index contributed by atoms with van der Waals surface area (Å²) in [5, 5.41) is 11.1. The van der Waals surface area contributed by atoms with Gasteiger partial charge in [0.2, 0.25) is 5.95 Å². The quantitative estimate of drug-likeness (QED) is 0.415. The number of fused-ring (bicyclic) bond motifs is 2. The van der Waals surface area contributed by atoms with Gasteiger partial charge in [-0.3, -0.25) is 0 Å². The van der Waals surface area contributed by atoms with Gasteiger partial charge in [0.1, 0.15) is 23.5 Å². The van der Waals surface area contributed by atoms with Crippen molar-refractivity contribution in [2.75, 3.05) is 24.4 Å². The van der Waals surface area contributed by atoms with Crippen LogP contribution in [0.1, 0.15) is 45.4 Å². The van der Waals surface area contributed by atoms with Crippen LogP contribution in [-0.4, -0.2) is 48.9 Å². The van der Waals surface area contributed by atoms with E-state index in [0.29, 0.717) is 50.9 Å². The first-order valence-electron chi connectivity index (χ1n) is 11.7. The molecule has 5 rings (SSSR count). The van der Waals surface area contributed by atoms with Crippen molar-refractivity contribution in [3.8, 4) is 11.3 Å². The number of hydrogen-bond acceptors (Lipinski definition) is 6. The van der Waals surface area contributed by atoms with E-state index >= 15 is 4.39 Å². The Morgan fingerprint density at radius 1 is 1.15 bits per heavy atom. The molecule has 0 saturated heterocycles. The number of halogens is 2. The SMILES string of the molecule is CNc1nc(NC2CCC(C)(C)CC2)nn2cc(F)c(-c3ccc4nc(C)n(CCF)c4n3)c12. The lowest BCUT2D eigenvalue weighted by molar-refractivity contribution is 0.232. The minimum absolute atomic E-state index is 0.149. The number of nitrogens with one attached hydrogen (secondary N) is 2. The fourth-order valence-electron chi connectivity index (χ4n) is 4.86. The second kappa shape index (κ2) is 8.48. The molecule has 1 aliphatic rings. The lowest BCUT2D eigenvalue weighted by Crippen LogP contribution is -2.30. The van der Waals surface area contributed by atoms with Crippen LogP contribution in [0.25, 0.3) is 27.9 Å². The molecule has 0 radical (unpaired) electrons. The highest BCUT2D eigenvalue weighted by Crippen LogP contribution is 2.37. The van der Waals surface area contributed by atoms with Gasteiger partial charge >= 0.3 is 0 Å². The van der Waals surface area contributed by atoms with E-state index in [1.807, 2.05) is 0 Å². The zero-order valence-electron chi connectivity index (χ0n) is 20.0. The summed E-state index contributed by atoms with van der Waals surface area (Å²) in [6, 6.07) is 3.80. The molecule has 1 aliphatic carbocycles. The van der Waals surface area contributed by atoms with Gasteiger partial charge < -0.3 is 15.2 Å². The van der Waals surface area contributed by atoms with Crippen molar-refractivity contribution >= 4 is 28.4 Å². The predicted molar refractivity (Wildman–Crippen MR) is 129 cm³/mol. The second-order valence-electron chi connectivity index (χ2n) is 9.80. The van der Waals surface area contributed by atoms with Crippen LogP contribution in [0.2, 0.25) is 0 Å². The summed E-state index contributed by atoms with van der Waals surface area (Å²) < 4.78 is 31.6. The summed E-state index contributed by atoms with van der Waals surface area (Å²) in [6.45, 7) is 6.02. The number of anilines is 2. The standard InChI is InChI=1S/C24H30F2N8/c1-14-28-18-6-5-17(30-22(18)33(14)12-11-25)19-16(26)13-34-20(19)21(27-4)31-23(32-34)29-15-7-9-24(2,3)10-8-15/h5-6,13,15H,7-12H2,1-4H3,(H2,27,29,31,32). The Bertz CT molecular complexity index is 1350. The Morgan fingerprint density at radius 2 is 1.91 bits per heavy atom. The predicted octanol–water partition coefficient (Wildman–Crippen LogP) is 4.98. The van der Waals surface area contributed by atoms with Crippen molar-refractivity contribution in [1.82, 2.24) is 29.1 Å². The summed E-state index contributed by atoms with van der Waals surface area (Å²) in [7, 11) is 1.75. The maximum Gasteiger partial charge on any atom is 0.243 e. The van der Waals surface area contributed by atoms with E-state index in [4.69, 9.17) is 0 Å². The van der Waals surface area contributed by atoms with Gasteiger partial charge in [-0.25, -0.2) is 23.3 Å². The summed E-state index contributed by atoms with van der Waals surface area (Å²) in [5.74, 6) is 1.18. The van der Waals surface area contributed by atoms with Gasteiger partial charge in [-0.1, -0.05) is 13.8 Å². The molecule has 10 heteroatoms. The first-order chi connectivity index (χ1) is 16.3. The molecule has 0 atom stereocenters. The van der Waals surface area contributed by atoms with Crippen LogP contribution >= 0.6 is 0 Å². The van der Waals surface area contributed by atoms with E-state index in [9.17, 15) is 4.39 Å². The van der Waals surface area contributed by atoms with Crippen LogP contribution in [0.15, 0.2) is 18.3 Å². The van der Waals surface area contributed by atoms with Crippen molar-refractivity contribution in [2.45, 2.75) is 59.0 Å². The van der Waals surface area contributed by atoms with Crippen LogP contribution < -0.4 is 10.6 Å². The average Bonchev–Trinajstić information content (AvgIpc) is 3.30. The van der Waals surface area contributed by atoms with Crippen molar-refractivity contribution < 1.29 is 8.78 Å². The Labute approximate surface area is 196 Å². The topological polar surface area (TPSA) is 85.0 Å². The molecular formula is C24H30F2N8. The van der Waals surface area contributed by atoms with Crippen LogP contribution in [0.3, 0.4) is 0 Å². The Kier molecular flexibility index (Phi) is 5.61. The fourth-order valence-corrected chi connectivity index (χ4v) is 4.86. The molecule has 1 saturated carbocycles. The molecule has 180 valence electrons.